The van der Waals surface area contributed by atoms with Crippen molar-refractivity contribution >= 4 is 10.0 Å². The van der Waals surface area contributed by atoms with Crippen LogP contribution in [0.25, 0.3) is 0 Å². The highest BCUT2D eigenvalue weighted by Crippen LogP contribution is 2.28. The van der Waals surface area contributed by atoms with Crippen molar-refractivity contribution in [2.75, 3.05) is 19.7 Å². The number of sulfonamides is 1. The smallest absolute Gasteiger partial charge is 0.243 e. The molecule has 5 nitrogen and oxygen atoms in total. The number of morpholine rings is 1. The van der Waals surface area contributed by atoms with Gasteiger partial charge in [-0.15, -0.1) is 0 Å². The Balaban J connectivity index is 2.47. The van der Waals surface area contributed by atoms with E-state index in [-0.39, 0.29) is 11.5 Å². The van der Waals surface area contributed by atoms with Crippen LogP contribution in [0, 0.1) is 13.8 Å². The summed E-state index contributed by atoms with van der Waals surface area (Å²) in [6.45, 7) is 8.34. The maximum Gasteiger partial charge on any atom is 0.243 e. The highest BCUT2D eigenvalue weighted by Gasteiger charge is 2.35. The summed E-state index contributed by atoms with van der Waals surface area (Å²) in [5.41, 5.74) is 1.73. The zero-order valence-electron chi connectivity index (χ0n) is 13.0. The Morgan fingerprint density at radius 3 is 2.57 bits per heavy atom. The van der Waals surface area contributed by atoms with E-state index < -0.39 is 15.6 Å². The molecule has 6 heteroatoms. The number of aliphatic hydroxyl groups excluding tert-OH is 1. The second-order valence-electron chi connectivity index (χ2n) is 6.14. The van der Waals surface area contributed by atoms with Crippen LogP contribution in [-0.4, -0.2) is 43.1 Å². The number of ether oxygens (including phenoxy) is 1. The van der Waals surface area contributed by atoms with Gasteiger partial charge in [-0.2, -0.15) is 4.31 Å². The van der Waals surface area contributed by atoms with Crippen LogP contribution in [0.5, 0.6) is 0 Å². The zero-order valence-corrected chi connectivity index (χ0v) is 13.8. The van der Waals surface area contributed by atoms with Crippen LogP contribution in [-0.2, 0) is 21.4 Å². The van der Waals surface area contributed by atoms with E-state index in [1.807, 2.05) is 26.8 Å². The third kappa shape index (κ3) is 3.29. The number of benzene rings is 1. The van der Waals surface area contributed by atoms with Crippen LogP contribution >= 0.6 is 0 Å². The molecule has 0 amide bonds. The normalized spacial score (nSPS) is 19.7. The number of aryl methyl sites for hydroxylation is 1. The van der Waals surface area contributed by atoms with Gasteiger partial charge in [0.25, 0.3) is 0 Å². The fourth-order valence-electron chi connectivity index (χ4n) is 2.58. The monoisotopic (exact) mass is 313 g/mol. The van der Waals surface area contributed by atoms with Crippen molar-refractivity contribution in [2.24, 2.45) is 0 Å². The van der Waals surface area contributed by atoms with Gasteiger partial charge in [0.15, 0.2) is 0 Å². The van der Waals surface area contributed by atoms with Gasteiger partial charge in [-0.1, -0.05) is 6.07 Å². The Bertz CT molecular complexity index is 637. The summed E-state index contributed by atoms with van der Waals surface area (Å²) in [4.78, 5) is 0.282. The molecule has 0 radical (unpaired) electrons. The minimum atomic E-state index is -3.58. The average Bonchev–Trinajstić information content (AvgIpc) is 2.40. The number of rotatable bonds is 3. The summed E-state index contributed by atoms with van der Waals surface area (Å²) in [5.74, 6) is 0. The van der Waals surface area contributed by atoms with Crippen molar-refractivity contribution < 1.29 is 18.3 Å². The molecule has 0 atom stereocenters. The molecule has 0 aromatic heterocycles. The third-order valence-corrected chi connectivity index (χ3v) is 5.84. The predicted octanol–water partition coefficient (Wildman–Crippen LogP) is 1.60. The molecule has 1 saturated heterocycles. The first-order chi connectivity index (χ1) is 9.67. The number of nitrogens with zero attached hydrogens (tertiary/aromatic N) is 1. The Labute approximate surface area is 126 Å². The SMILES string of the molecule is Cc1cc(CO)cc(S(=O)(=O)N2CCOC(C)(C)C2)c1C. The molecule has 1 fully saturated rings. The van der Waals surface area contributed by atoms with E-state index in [1.54, 1.807) is 13.0 Å². The quantitative estimate of drug-likeness (QED) is 0.920. The van der Waals surface area contributed by atoms with E-state index in [9.17, 15) is 13.5 Å². The lowest BCUT2D eigenvalue weighted by atomic mass is 10.1. The molecule has 21 heavy (non-hydrogen) atoms. The first-order valence-electron chi connectivity index (χ1n) is 7.02. The maximum atomic E-state index is 12.9. The van der Waals surface area contributed by atoms with Crippen molar-refractivity contribution in [3.63, 3.8) is 0 Å². The summed E-state index contributed by atoms with van der Waals surface area (Å²) in [7, 11) is -3.58. The summed E-state index contributed by atoms with van der Waals surface area (Å²) < 4.78 is 32.9. The summed E-state index contributed by atoms with van der Waals surface area (Å²) in [5, 5.41) is 9.31. The highest BCUT2D eigenvalue weighted by molar-refractivity contribution is 7.89. The molecule has 0 spiro atoms. The standard InChI is InChI=1S/C15H23NO4S/c1-11-7-13(9-17)8-14(12(11)2)21(18,19)16-5-6-20-15(3,4)10-16/h7-8,17H,5-6,9-10H2,1-4H3. The zero-order chi connectivity index (χ0) is 15.8. The summed E-state index contributed by atoms with van der Waals surface area (Å²) in [6, 6.07) is 3.39. The van der Waals surface area contributed by atoms with Gasteiger partial charge in [-0.05, 0) is 50.5 Å². The largest absolute Gasteiger partial charge is 0.392 e. The van der Waals surface area contributed by atoms with Gasteiger partial charge >= 0.3 is 0 Å². The molecule has 0 bridgehead atoms. The third-order valence-electron chi connectivity index (χ3n) is 3.87. The lowest BCUT2D eigenvalue weighted by molar-refractivity contribution is -0.0640. The second kappa shape index (κ2) is 5.68. The van der Waals surface area contributed by atoms with Crippen LogP contribution in [0.4, 0.5) is 0 Å². The van der Waals surface area contributed by atoms with Gasteiger partial charge < -0.3 is 9.84 Å². The first kappa shape index (κ1) is 16.4. The van der Waals surface area contributed by atoms with E-state index in [4.69, 9.17) is 4.74 Å². The van der Waals surface area contributed by atoms with Crippen molar-refractivity contribution in [2.45, 2.75) is 44.8 Å². The molecule has 1 N–H and O–H groups in total. The molecule has 1 aromatic carbocycles. The van der Waals surface area contributed by atoms with E-state index in [0.29, 0.717) is 25.3 Å². The summed E-state index contributed by atoms with van der Waals surface area (Å²) >= 11 is 0. The maximum absolute atomic E-state index is 12.9. The molecule has 118 valence electrons. The molecule has 0 aliphatic carbocycles. The van der Waals surface area contributed by atoms with Gasteiger partial charge in [0.05, 0.1) is 23.7 Å². The van der Waals surface area contributed by atoms with Crippen molar-refractivity contribution in [1.29, 1.82) is 0 Å². The van der Waals surface area contributed by atoms with Crippen LogP contribution in [0.2, 0.25) is 0 Å². The predicted molar refractivity (Wildman–Crippen MR) is 80.6 cm³/mol. The highest BCUT2D eigenvalue weighted by atomic mass is 32.2. The molecule has 1 aliphatic rings. The van der Waals surface area contributed by atoms with Gasteiger partial charge in [-0.25, -0.2) is 8.42 Å². The Morgan fingerprint density at radius 2 is 2.00 bits per heavy atom. The molecule has 1 aromatic rings. The van der Waals surface area contributed by atoms with E-state index >= 15 is 0 Å². The average molecular weight is 313 g/mol. The van der Waals surface area contributed by atoms with Crippen LogP contribution < -0.4 is 0 Å². The Hall–Kier alpha value is -0.950. The number of aliphatic hydroxyl groups is 1. The van der Waals surface area contributed by atoms with Gasteiger partial charge in [0.2, 0.25) is 10.0 Å². The summed E-state index contributed by atoms with van der Waals surface area (Å²) in [6.07, 6.45) is 0. The van der Waals surface area contributed by atoms with Crippen LogP contribution in [0.3, 0.4) is 0 Å². The minimum Gasteiger partial charge on any atom is -0.392 e. The molecule has 2 rings (SSSR count). The van der Waals surface area contributed by atoms with Crippen molar-refractivity contribution in [1.82, 2.24) is 4.31 Å². The lowest BCUT2D eigenvalue weighted by Gasteiger charge is -2.37. The number of hydrogen-bond acceptors (Lipinski definition) is 4. The molecule has 0 saturated carbocycles. The van der Waals surface area contributed by atoms with Crippen molar-refractivity contribution in [3.05, 3.63) is 28.8 Å². The first-order valence-corrected chi connectivity index (χ1v) is 8.46. The fourth-order valence-corrected chi connectivity index (χ4v) is 4.50. The molecule has 0 unspecified atom stereocenters. The van der Waals surface area contributed by atoms with Gasteiger partial charge in [-0.3, -0.25) is 0 Å². The van der Waals surface area contributed by atoms with Crippen LogP contribution in [0.15, 0.2) is 17.0 Å². The Kier molecular flexibility index (Phi) is 4.44. The Morgan fingerprint density at radius 1 is 1.33 bits per heavy atom. The molecule has 1 aliphatic heterocycles. The van der Waals surface area contributed by atoms with E-state index in [2.05, 4.69) is 0 Å². The van der Waals surface area contributed by atoms with E-state index in [1.165, 1.54) is 4.31 Å². The minimum absolute atomic E-state index is 0.168. The molecular weight excluding hydrogens is 290 g/mol. The topological polar surface area (TPSA) is 66.8 Å². The van der Waals surface area contributed by atoms with Gasteiger partial charge in [0, 0.05) is 13.1 Å². The van der Waals surface area contributed by atoms with E-state index in [0.717, 1.165) is 11.1 Å². The molecule has 1 heterocycles. The number of hydrogen-bond donors (Lipinski definition) is 1. The van der Waals surface area contributed by atoms with Gasteiger partial charge in [0.1, 0.15) is 0 Å². The van der Waals surface area contributed by atoms with Crippen LogP contribution in [0.1, 0.15) is 30.5 Å². The second-order valence-corrected chi connectivity index (χ2v) is 8.05. The molecular formula is C15H23NO4S. The fraction of sp³-hybridized carbons (Fsp3) is 0.600. The van der Waals surface area contributed by atoms with Crippen molar-refractivity contribution in [3.8, 4) is 0 Å². The lowest BCUT2D eigenvalue weighted by Crippen LogP contribution is -2.50.